The van der Waals surface area contributed by atoms with Crippen molar-refractivity contribution in [1.29, 1.82) is 0 Å². The van der Waals surface area contributed by atoms with Gasteiger partial charge in [-0.05, 0) is 86.0 Å². The first-order valence-corrected chi connectivity index (χ1v) is 16.6. The first-order chi connectivity index (χ1) is 18.1. The van der Waals surface area contributed by atoms with Crippen LogP contribution in [-0.2, 0) is 12.8 Å². The highest BCUT2D eigenvalue weighted by Gasteiger charge is 2.18. The summed E-state index contributed by atoms with van der Waals surface area (Å²) in [5.74, 6) is 0. The lowest BCUT2D eigenvalue weighted by atomic mass is 10.1. The molecule has 0 atom stereocenters. The summed E-state index contributed by atoms with van der Waals surface area (Å²) in [6.45, 7) is 15.1. The van der Waals surface area contributed by atoms with Crippen LogP contribution in [0.1, 0.15) is 41.7 Å². The van der Waals surface area contributed by atoms with Gasteiger partial charge in [-0.3, -0.25) is 4.39 Å². The molecule has 3 aromatic rings. The molecule has 8 heteroatoms. The predicted octanol–water partition coefficient (Wildman–Crippen LogP) is 9.95. The van der Waals surface area contributed by atoms with Crippen molar-refractivity contribution in [3.63, 3.8) is 0 Å². The summed E-state index contributed by atoms with van der Waals surface area (Å²) < 4.78 is 9.50. The highest BCUT2D eigenvalue weighted by atomic mass is 32.2. The van der Waals surface area contributed by atoms with Crippen molar-refractivity contribution < 1.29 is 4.39 Å². The van der Waals surface area contributed by atoms with Crippen molar-refractivity contribution in [1.82, 2.24) is 0 Å². The van der Waals surface area contributed by atoms with Gasteiger partial charge in [0.25, 0.3) is 0 Å². The standard InChI is InChI=1S/C26H30N2S5.C2H6.CH3F/c1-5-8-20(29-4)24-16-18(12-14-28)26(33-24)22-10-9-21(31-22)25-17(11-13-27)15-23(32-25)19(6-2)30-7-3;2*1-2/h5-10,15-16H,1,3,11-14,27-28H2,2,4H3;1-2H3;1H3/b19-6-,20-8-;;. The third-order valence-corrected chi connectivity index (χ3v) is 10.7. The fourth-order valence-corrected chi connectivity index (χ4v) is 8.73. The highest BCUT2D eigenvalue weighted by Crippen LogP contribution is 2.47. The van der Waals surface area contributed by atoms with Crippen LogP contribution in [0.2, 0.25) is 0 Å². The van der Waals surface area contributed by atoms with E-state index in [0.717, 1.165) is 12.8 Å². The molecule has 0 saturated carbocycles. The van der Waals surface area contributed by atoms with E-state index in [0.29, 0.717) is 20.3 Å². The molecule has 202 valence electrons. The lowest BCUT2D eigenvalue weighted by molar-refractivity contribution is 0.636. The van der Waals surface area contributed by atoms with Crippen LogP contribution in [0.15, 0.2) is 61.1 Å². The van der Waals surface area contributed by atoms with Gasteiger partial charge in [0.05, 0.1) is 7.18 Å². The van der Waals surface area contributed by atoms with Gasteiger partial charge in [-0.25, -0.2) is 0 Å². The van der Waals surface area contributed by atoms with Gasteiger partial charge >= 0.3 is 0 Å². The molecular formula is C29H39FN2S5. The van der Waals surface area contributed by atoms with E-state index < -0.39 is 0 Å². The quantitative estimate of drug-likeness (QED) is 0.205. The van der Waals surface area contributed by atoms with E-state index in [1.807, 2.05) is 59.3 Å². The van der Waals surface area contributed by atoms with E-state index in [-0.39, 0.29) is 0 Å². The molecule has 4 N–H and O–H groups in total. The Kier molecular flexibility index (Phi) is 17.1. The molecule has 3 rings (SSSR count). The van der Waals surface area contributed by atoms with Crippen LogP contribution >= 0.6 is 57.5 Å². The van der Waals surface area contributed by atoms with Crippen LogP contribution in [0.3, 0.4) is 0 Å². The molecule has 3 aromatic heterocycles. The first kappa shape index (κ1) is 33.6. The Morgan fingerprint density at radius 2 is 1.38 bits per heavy atom. The molecule has 0 aliphatic carbocycles. The topological polar surface area (TPSA) is 52.0 Å². The summed E-state index contributed by atoms with van der Waals surface area (Å²) in [5, 5.41) is 1.89. The van der Waals surface area contributed by atoms with Gasteiger partial charge in [-0.15, -0.1) is 45.8 Å². The van der Waals surface area contributed by atoms with Crippen molar-refractivity contribution in [2.45, 2.75) is 33.6 Å². The minimum atomic E-state index is 0.500. The Labute approximate surface area is 243 Å². The predicted molar refractivity (Wildman–Crippen MR) is 178 cm³/mol. The molecule has 0 radical (unpaired) electrons. The molecule has 0 fully saturated rings. The van der Waals surface area contributed by atoms with E-state index in [4.69, 9.17) is 11.5 Å². The van der Waals surface area contributed by atoms with Gasteiger partial charge in [0, 0.05) is 39.1 Å². The molecule has 0 amide bonds. The molecule has 0 saturated heterocycles. The third-order valence-electron chi connectivity index (χ3n) is 4.95. The molecule has 0 aliphatic heterocycles. The van der Waals surface area contributed by atoms with Crippen molar-refractivity contribution >= 4 is 67.3 Å². The van der Waals surface area contributed by atoms with Crippen molar-refractivity contribution in [3.8, 4) is 19.5 Å². The Bertz CT molecular complexity index is 1170. The number of thiophene rings is 3. The van der Waals surface area contributed by atoms with Crippen LogP contribution < -0.4 is 11.5 Å². The number of rotatable bonds is 12. The van der Waals surface area contributed by atoms with E-state index in [9.17, 15) is 4.39 Å². The van der Waals surface area contributed by atoms with Gasteiger partial charge in [0.2, 0.25) is 0 Å². The molecule has 37 heavy (non-hydrogen) atoms. The summed E-state index contributed by atoms with van der Waals surface area (Å²) in [7, 11) is 0.500. The Hall–Kier alpha value is -1.39. The normalized spacial score (nSPS) is 11.4. The molecule has 0 aromatic carbocycles. The molecule has 0 unspecified atom stereocenters. The van der Waals surface area contributed by atoms with Crippen LogP contribution in [0.4, 0.5) is 4.39 Å². The van der Waals surface area contributed by atoms with E-state index >= 15 is 0 Å². The van der Waals surface area contributed by atoms with Gasteiger partial charge < -0.3 is 11.5 Å². The van der Waals surface area contributed by atoms with Crippen molar-refractivity contribution in [3.05, 3.63) is 81.9 Å². The van der Waals surface area contributed by atoms with Crippen LogP contribution in [-0.4, -0.2) is 26.5 Å². The van der Waals surface area contributed by atoms with E-state index in [2.05, 4.69) is 62.8 Å². The molecule has 3 heterocycles. The number of allylic oxidation sites excluding steroid dienone is 3. The smallest absolute Gasteiger partial charge is 0.0785 e. The Morgan fingerprint density at radius 3 is 1.76 bits per heavy atom. The maximum absolute atomic E-state index is 9.50. The molecule has 2 nitrogen and oxygen atoms in total. The SMILES string of the molecule is C=C/C=C(\SC)c1cc(CCN)c(-c2ccc(-c3sc(/C(=C/C)SC=C)cc3CCN)s2)s1.CC.CF. The zero-order chi connectivity index (χ0) is 27.8. The van der Waals surface area contributed by atoms with Crippen molar-refractivity contribution in [2.75, 3.05) is 26.5 Å². The summed E-state index contributed by atoms with van der Waals surface area (Å²) >= 11 is 8.97. The molecule has 0 spiro atoms. The number of hydrogen-bond acceptors (Lipinski definition) is 7. The van der Waals surface area contributed by atoms with Gasteiger partial charge in [-0.1, -0.05) is 50.9 Å². The summed E-state index contributed by atoms with van der Waals surface area (Å²) in [4.78, 5) is 10.3. The van der Waals surface area contributed by atoms with Gasteiger partial charge in [0.1, 0.15) is 0 Å². The highest BCUT2D eigenvalue weighted by molar-refractivity contribution is 8.11. The fourth-order valence-electron chi connectivity index (χ4n) is 3.50. The lowest BCUT2D eigenvalue weighted by Crippen LogP contribution is -2.02. The van der Waals surface area contributed by atoms with E-state index in [1.54, 1.807) is 23.5 Å². The number of hydrogen-bond donors (Lipinski definition) is 2. The van der Waals surface area contributed by atoms with Crippen LogP contribution in [0, 0.1) is 0 Å². The number of halogens is 1. The second-order valence-electron chi connectivity index (χ2n) is 7.08. The zero-order valence-electron chi connectivity index (χ0n) is 22.4. The largest absolute Gasteiger partial charge is 0.330 e. The maximum Gasteiger partial charge on any atom is 0.0785 e. The number of thioether (sulfide) groups is 2. The number of nitrogens with two attached hydrogens (primary N) is 2. The minimum absolute atomic E-state index is 0.500. The molecule has 0 bridgehead atoms. The second kappa shape index (κ2) is 18.8. The van der Waals surface area contributed by atoms with Crippen LogP contribution in [0.5, 0.6) is 0 Å². The molecular weight excluding hydrogens is 556 g/mol. The Balaban J connectivity index is 0.00000163. The average Bonchev–Trinajstić information content (AvgIpc) is 3.67. The van der Waals surface area contributed by atoms with Crippen LogP contribution in [0.25, 0.3) is 29.3 Å². The zero-order valence-corrected chi connectivity index (χ0v) is 26.5. The Morgan fingerprint density at radius 1 is 0.892 bits per heavy atom. The third kappa shape index (κ3) is 9.10. The second-order valence-corrected chi connectivity index (χ2v) is 12.1. The van der Waals surface area contributed by atoms with Crippen molar-refractivity contribution in [2.24, 2.45) is 11.5 Å². The molecule has 0 aliphatic rings. The average molecular weight is 595 g/mol. The van der Waals surface area contributed by atoms with Gasteiger partial charge in [-0.2, -0.15) is 0 Å². The monoisotopic (exact) mass is 594 g/mol. The lowest BCUT2D eigenvalue weighted by Gasteiger charge is -2.00. The number of alkyl halides is 1. The summed E-state index contributed by atoms with van der Waals surface area (Å²) in [5.41, 5.74) is 14.5. The van der Waals surface area contributed by atoms with Gasteiger partial charge in [0.15, 0.2) is 0 Å². The first-order valence-electron chi connectivity index (χ1n) is 12.0. The van der Waals surface area contributed by atoms with E-state index in [1.165, 1.54) is 50.2 Å². The summed E-state index contributed by atoms with van der Waals surface area (Å²) in [6.07, 6.45) is 9.95. The summed E-state index contributed by atoms with van der Waals surface area (Å²) in [6, 6.07) is 9.11. The minimum Gasteiger partial charge on any atom is -0.330 e. The fraction of sp³-hybridized carbons (Fsp3) is 0.310. The maximum atomic E-state index is 9.50.